The van der Waals surface area contributed by atoms with Crippen molar-refractivity contribution in [2.45, 2.75) is 6.92 Å². The second kappa shape index (κ2) is 2.91. The second-order valence-electron chi connectivity index (χ2n) is 1.15. The van der Waals surface area contributed by atoms with Gasteiger partial charge in [0, 0.05) is 7.05 Å². The fraction of sp³-hybridized carbons (Fsp3) is 0.500. The Bertz CT molecular complexity index is 85.7. The Labute approximate surface area is 51.4 Å². The molecule has 0 aromatic carbocycles. The minimum atomic E-state index is 0.266. The van der Waals surface area contributed by atoms with Gasteiger partial charge in [0.1, 0.15) is 10.4 Å². The van der Waals surface area contributed by atoms with Gasteiger partial charge in [-0.25, -0.2) is 0 Å². The number of allylic oxidation sites excluding steroid dienone is 1. The van der Waals surface area contributed by atoms with Crippen LogP contribution in [0.4, 0.5) is 0 Å². The molecule has 0 atom stereocenters. The van der Waals surface area contributed by atoms with E-state index in [1.165, 1.54) is 0 Å². The molecule has 0 saturated carbocycles. The molecule has 0 spiro atoms. The average Bonchev–Trinajstić information content (AvgIpc) is 1.65. The van der Waals surface area contributed by atoms with Crippen LogP contribution in [-0.2, 0) is 0 Å². The van der Waals surface area contributed by atoms with Crippen molar-refractivity contribution in [3.63, 3.8) is 0 Å². The third-order valence-electron chi connectivity index (χ3n) is 0.537. The van der Waals surface area contributed by atoms with E-state index in [0.29, 0.717) is 4.61 Å². The van der Waals surface area contributed by atoms with Crippen LogP contribution in [0.1, 0.15) is 6.92 Å². The van der Waals surface area contributed by atoms with Crippen molar-refractivity contribution >= 4 is 15.9 Å². The maximum Gasteiger partial charge on any atom is 0.119 e. The molecule has 0 rings (SSSR count). The molecular formula is C4H8BrNO. The summed E-state index contributed by atoms with van der Waals surface area (Å²) in [5, 5.41) is 11.3. The molecule has 0 radical (unpaired) electrons. The van der Waals surface area contributed by atoms with Crippen LogP contribution in [0, 0.1) is 0 Å². The molecule has 7 heavy (non-hydrogen) atoms. The van der Waals surface area contributed by atoms with E-state index in [9.17, 15) is 0 Å². The summed E-state index contributed by atoms with van der Waals surface area (Å²) in [7, 11) is 1.73. The number of nitrogens with one attached hydrogen (secondary N) is 1. The fourth-order valence-corrected chi connectivity index (χ4v) is 0.181. The van der Waals surface area contributed by atoms with Crippen LogP contribution in [0.2, 0.25) is 0 Å². The monoisotopic (exact) mass is 165 g/mol. The van der Waals surface area contributed by atoms with Crippen LogP contribution in [0.25, 0.3) is 0 Å². The van der Waals surface area contributed by atoms with E-state index < -0.39 is 0 Å². The van der Waals surface area contributed by atoms with Gasteiger partial charge in [-0.2, -0.15) is 0 Å². The molecule has 0 saturated heterocycles. The van der Waals surface area contributed by atoms with E-state index in [1.807, 2.05) is 0 Å². The Balaban J connectivity index is 3.72. The lowest BCUT2D eigenvalue weighted by atomic mass is 10.6. The van der Waals surface area contributed by atoms with Crippen molar-refractivity contribution in [1.82, 2.24) is 5.32 Å². The standard InChI is InChI=1S/C4H8BrNO/c1-3(7)4(5)6-2/h6-7H,1-2H3/b4-3-. The molecule has 0 aliphatic rings. The van der Waals surface area contributed by atoms with Gasteiger partial charge in [-0.15, -0.1) is 0 Å². The molecule has 0 aromatic heterocycles. The Morgan fingerprint density at radius 3 is 2.14 bits per heavy atom. The van der Waals surface area contributed by atoms with Crippen LogP contribution in [0.3, 0.4) is 0 Å². The first-order valence-electron chi connectivity index (χ1n) is 1.91. The highest BCUT2D eigenvalue weighted by Crippen LogP contribution is 2.02. The SMILES string of the molecule is CN/C(Br)=C(/C)O. The maximum absolute atomic E-state index is 8.59. The number of rotatable bonds is 1. The van der Waals surface area contributed by atoms with Crippen molar-refractivity contribution in [2.24, 2.45) is 0 Å². The largest absolute Gasteiger partial charge is 0.510 e. The first kappa shape index (κ1) is 6.82. The quantitative estimate of drug-likeness (QED) is 0.455. The molecule has 0 heterocycles. The number of hydrogen-bond acceptors (Lipinski definition) is 2. The highest BCUT2D eigenvalue weighted by atomic mass is 79.9. The van der Waals surface area contributed by atoms with Gasteiger partial charge in [0.15, 0.2) is 0 Å². The molecule has 3 heteroatoms. The third-order valence-corrected chi connectivity index (χ3v) is 1.51. The van der Waals surface area contributed by atoms with Gasteiger partial charge < -0.3 is 10.4 Å². The lowest BCUT2D eigenvalue weighted by Crippen LogP contribution is -2.00. The first-order chi connectivity index (χ1) is 3.18. The Morgan fingerprint density at radius 2 is 2.14 bits per heavy atom. The van der Waals surface area contributed by atoms with Crippen LogP contribution < -0.4 is 5.32 Å². The van der Waals surface area contributed by atoms with Gasteiger partial charge in [0.2, 0.25) is 0 Å². The molecule has 42 valence electrons. The molecule has 2 N–H and O–H groups in total. The van der Waals surface area contributed by atoms with Gasteiger partial charge in [0.25, 0.3) is 0 Å². The summed E-state index contributed by atoms with van der Waals surface area (Å²) >= 11 is 3.06. The summed E-state index contributed by atoms with van der Waals surface area (Å²) in [5.74, 6) is 0.266. The Hall–Kier alpha value is -0.180. The Kier molecular flexibility index (Phi) is 2.83. The van der Waals surface area contributed by atoms with Crippen LogP contribution >= 0.6 is 15.9 Å². The summed E-state index contributed by atoms with van der Waals surface area (Å²) in [5.41, 5.74) is 0. The van der Waals surface area contributed by atoms with Crippen molar-refractivity contribution in [1.29, 1.82) is 0 Å². The summed E-state index contributed by atoms with van der Waals surface area (Å²) in [6, 6.07) is 0. The summed E-state index contributed by atoms with van der Waals surface area (Å²) in [4.78, 5) is 0. The highest BCUT2D eigenvalue weighted by Gasteiger charge is 1.87. The lowest BCUT2D eigenvalue weighted by molar-refractivity contribution is 0.408. The van der Waals surface area contributed by atoms with Crippen LogP contribution in [0.15, 0.2) is 10.4 Å². The van der Waals surface area contributed by atoms with Crippen molar-refractivity contribution in [3.05, 3.63) is 10.4 Å². The minimum Gasteiger partial charge on any atom is -0.510 e. The van der Waals surface area contributed by atoms with E-state index in [4.69, 9.17) is 5.11 Å². The fourth-order valence-electron chi connectivity index (χ4n) is 0.181. The van der Waals surface area contributed by atoms with Gasteiger partial charge >= 0.3 is 0 Å². The average molecular weight is 166 g/mol. The van der Waals surface area contributed by atoms with Gasteiger partial charge in [-0.05, 0) is 22.9 Å². The van der Waals surface area contributed by atoms with Crippen molar-refractivity contribution in [2.75, 3.05) is 7.05 Å². The number of aliphatic hydroxyl groups excluding tert-OH is 1. The van der Waals surface area contributed by atoms with E-state index in [-0.39, 0.29) is 5.76 Å². The molecule has 0 unspecified atom stereocenters. The van der Waals surface area contributed by atoms with Gasteiger partial charge in [0.05, 0.1) is 0 Å². The molecule has 2 nitrogen and oxygen atoms in total. The molecule has 0 bridgehead atoms. The summed E-state index contributed by atoms with van der Waals surface area (Å²) in [6.45, 7) is 1.60. The van der Waals surface area contributed by atoms with Gasteiger partial charge in [-0.1, -0.05) is 0 Å². The Morgan fingerprint density at radius 1 is 1.71 bits per heavy atom. The number of halogens is 1. The van der Waals surface area contributed by atoms with Crippen LogP contribution in [0.5, 0.6) is 0 Å². The summed E-state index contributed by atoms with van der Waals surface area (Å²) in [6.07, 6.45) is 0. The van der Waals surface area contributed by atoms with Crippen LogP contribution in [-0.4, -0.2) is 12.2 Å². The number of hydrogen-bond donors (Lipinski definition) is 2. The van der Waals surface area contributed by atoms with Crippen molar-refractivity contribution < 1.29 is 5.11 Å². The predicted molar refractivity (Wildman–Crippen MR) is 33.3 cm³/mol. The minimum absolute atomic E-state index is 0.266. The van der Waals surface area contributed by atoms with Crippen molar-refractivity contribution in [3.8, 4) is 0 Å². The normalized spacial score (nSPS) is 13.0. The smallest absolute Gasteiger partial charge is 0.119 e. The molecule has 0 fully saturated rings. The topological polar surface area (TPSA) is 32.3 Å². The van der Waals surface area contributed by atoms with E-state index >= 15 is 0 Å². The lowest BCUT2D eigenvalue weighted by Gasteiger charge is -1.94. The first-order valence-corrected chi connectivity index (χ1v) is 2.71. The summed E-state index contributed by atoms with van der Waals surface area (Å²) < 4.78 is 0.632. The van der Waals surface area contributed by atoms with E-state index in [0.717, 1.165) is 0 Å². The van der Waals surface area contributed by atoms with E-state index in [2.05, 4.69) is 21.2 Å². The molecule has 0 aromatic rings. The number of aliphatic hydroxyl groups is 1. The zero-order valence-corrected chi connectivity index (χ0v) is 5.91. The molecular weight excluding hydrogens is 158 g/mol. The highest BCUT2D eigenvalue weighted by molar-refractivity contribution is 9.11. The van der Waals surface area contributed by atoms with E-state index in [1.54, 1.807) is 14.0 Å². The third kappa shape index (κ3) is 2.51. The molecule has 0 amide bonds. The second-order valence-corrected chi connectivity index (χ2v) is 1.94. The zero-order chi connectivity index (χ0) is 5.86. The zero-order valence-electron chi connectivity index (χ0n) is 4.33. The molecule has 0 aliphatic heterocycles. The maximum atomic E-state index is 8.59. The molecule has 0 aliphatic carbocycles. The predicted octanol–water partition coefficient (Wildman–Crippen LogP) is 1.35. The van der Waals surface area contributed by atoms with Gasteiger partial charge in [-0.3, -0.25) is 0 Å².